The third kappa shape index (κ3) is 5.00. The summed E-state index contributed by atoms with van der Waals surface area (Å²) in [7, 11) is 1.51. The van der Waals surface area contributed by atoms with E-state index in [-0.39, 0.29) is 37.0 Å². The summed E-state index contributed by atoms with van der Waals surface area (Å²) in [6, 6.07) is 6.60. The number of hydrogen-bond donors (Lipinski definition) is 1. The monoisotopic (exact) mass is 265 g/mol. The first-order valence-electron chi connectivity index (χ1n) is 4.09. The van der Waals surface area contributed by atoms with E-state index in [0.29, 0.717) is 11.3 Å². The van der Waals surface area contributed by atoms with Crippen LogP contribution < -0.4 is 10.5 Å². The highest BCUT2D eigenvalue weighted by Crippen LogP contribution is 2.13. The fraction of sp³-hybridized carbons (Fsp3) is 0.200. The average Bonchev–Trinajstić information content (AvgIpc) is 2.17. The number of Topliss-reactive ketones (excluding diaryl/α,β-unsaturated/α-hetero) is 1. The number of halogens is 2. The van der Waals surface area contributed by atoms with Crippen molar-refractivity contribution in [2.45, 2.75) is 6.42 Å². The third-order valence-electron chi connectivity index (χ3n) is 1.73. The van der Waals surface area contributed by atoms with E-state index in [4.69, 9.17) is 10.5 Å². The van der Waals surface area contributed by atoms with Crippen molar-refractivity contribution >= 4 is 36.5 Å². The van der Waals surface area contributed by atoms with Crippen LogP contribution in [0, 0.1) is 0 Å². The maximum absolute atomic E-state index is 11.4. The molecule has 0 aliphatic carbocycles. The summed E-state index contributed by atoms with van der Waals surface area (Å²) in [6.07, 6.45) is -0.271. The number of nitrogens with two attached hydrogens (primary N) is 1. The van der Waals surface area contributed by atoms with Crippen LogP contribution in [0.2, 0.25) is 0 Å². The summed E-state index contributed by atoms with van der Waals surface area (Å²) in [6.45, 7) is 0. The Morgan fingerprint density at radius 3 is 2.44 bits per heavy atom. The van der Waals surface area contributed by atoms with E-state index in [9.17, 15) is 9.59 Å². The second-order valence-electron chi connectivity index (χ2n) is 2.80. The standard InChI is InChI=1S/C10H11NO3.2ClH/c1-14-8-4-2-3-7(5-8)9(12)6-10(11)13;;/h2-5H,6H2,1H3,(H2,11,13);2*1H. The molecule has 0 bridgehead atoms. The maximum Gasteiger partial charge on any atom is 0.225 e. The molecular weight excluding hydrogens is 253 g/mol. The van der Waals surface area contributed by atoms with Crippen LogP contribution in [0.15, 0.2) is 24.3 Å². The van der Waals surface area contributed by atoms with Crippen molar-refractivity contribution in [2.24, 2.45) is 5.73 Å². The van der Waals surface area contributed by atoms with Crippen molar-refractivity contribution in [3.05, 3.63) is 29.8 Å². The smallest absolute Gasteiger partial charge is 0.225 e. The summed E-state index contributed by atoms with van der Waals surface area (Å²) in [5.41, 5.74) is 5.34. The molecular formula is C10H13Cl2NO3. The van der Waals surface area contributed by atoms with Crippen LogP contribution in [0.4, 0.5) is 0 Å². The number of methoxy groups -OCH3 is 1. The molecule has 1 amide bonds. The Morgan fingerprint density at radius 2 is 1.94 bits per heavy atom. The van der Waals surface area contributed by atoms with Gasteiger partial charge < -0.3 is 10.5 Å². The Labute approximate surface area is 106 Å². The van der Waals surface area contributed by atoms with Crippen LogP contribution in [-0.2, 0) is 4.79 Å². The Hall–Kier alpha value is -1.26. The van der Waals surface area contributed by atoms with Crippen LogP contribution in [0.1, 0.15) is 16.8 Å². The summed E-state index contributed by atoms with van der Waals surface area (Å²) >= 11 is 0. The van der Waals surface area contributed by atoms with Gasteiger partial charge in [0.1, 0.15) is 5.75 Å². The SMILES string of the molecule is COc1cccc(C(=O)CC(N)=O)c1.Cl.Cl. The molecule has 0 radical (unpaired) electrons. The first-order chi connectivity index (χ1) is 6.63. The molecule has 0 aromatic heterocycles. The van der Waals surface area contributed by atoms with Crippen LogP contribution in [0.25, 0.3) is 0 Å². The molecule has 0 unspecified atom stereocenters. The number of carbonyl (C=O) groups is 2. The Morgan fingerprint density at radius 1 is 1.31 bits per heavy atom. The minimum Gasteiger partial charge on any atom is -0.497 e. The normalized spacial score (nSPS) is 8.31. The van der Waals surface area contributed by atoms with Gasteiger partial charge in [-0.05, 0) is 12.1 Å². The molecule has 0 saturated carbocycles. The molecule has 0 aliphatic heterocycles. The van der Waals surface area contributed by atoms with Crippen LogP contribution in [0.5, 0.6) is 5.75 Å². The van der Waals surface area contributed by atoms with Crippen LogP contribution >= 0.6 is 24.8 Å². The van der Waals surface area contributed by atoms with Crippen molar-refractivity contribution in [2.75, 3.05) is 7.11 Å². The van der Waals surface area contributed by atoms with Gasteiger partial charge in [0.05, 0.1) is 13.5 Å². The minimum atomic E-state index is -0.627. The summed E-state index contributed by atoms with van der Waals surface area (Å²) < 4.78 is 4.94. The Kier molecular flexibility index (Phi) is 8.53. The molecule has 0 atom stereocenters. The summed E-state index contributed by atoms with van der Waals surface area (Å²) in [5.74, 6) is -0.338. The van der Waals surface area contributed by atoms with Gasteiger partial charge in [0.15, 0.2) is 5.78 Å². The Bertz CT molecular complexity index is 369. The second-order valence-corrected chi connectivity index (χ2v) is 2.80. The van der Waals surface area contributed by atoms with E-state index in [0.717, 1.165) is 0 Å². The van der Waals surface area contributed by atoms with Gasteiger partial charge >= 0.3 is 0 Å². The molecule has 0 heterocycles. The van der Waals surface area contributed by atoms with E-state index >= 15 is 0 Å². The molecule has 6 heteroatoms. The number of ketones is 1. The topological polar surface area (TPSA) is 69.4 Å². The number of rotatable bonds is 4. The highest BCUT2D eigenvalue weighted by Gasteiger charge is 2.09. The first kappa shape index (κ1) is 17.1. The lowest BCUT2D eigenvalue weighted by Gasteiger charge is -2.01. The fourth-order valence-corrected chi connectivity index (χ4v) is 1.06. The zero-order valence-corrected chi connectivity index (χ0v) is 10.3. The van der Waals surface area contributed by atoms with Gasteiger partial charge in [0.25, 0.3) is 0 Å². The second kappa shape index (κ2) is 7.96. The number of benzene rings is 1. The maximum atomic E-state index is 11.4. The van der Waals surface area contributed by atoms with Gasteiger partial charge in [-0.2, -0.15) is 0 Å². The largest absolute Gasteiger partial charge is 0.497 e. The van der Waals surface area contributed by atoms with Crippen molar-refractivity contribution in [3.8, 4) is 5.75 Å². The summed E-state index contributed by atoms with van der Waals surface area (Å²) in [5, 5.41) is 0. The highest BCUT2D eigenvalue weighted by molar-refractivity contribution is 6.07. The van der Waals surface area contributed by atoms with E-state index in [2.05, 4.69) is 0 Å². The summed E-state index contributed by atoms with van der Waals surface area (Å²) in [4.78, 5) is 21.9. The molecule has 2 N–H and O–H groups in total. The van der Waals surface area contributed by atoms with Gasteiger partial charge in [-0.1, -0.05) is 12.1 Å². The molecule has 90 valence electrons. The van der Waals surface area contributed by atoms with Crippen LogP contribution in [0.3, 0.4) is 0 Å². The number of primary amides is 1. The Balaban J connectivity index is 0. The number of hydrogen-bond acceptors (Lipinski definition) is 3. The van der Waals surface area contributed by atoms with Gasteiger partial charge in [-0.15, -0.1) is 24.8 Å². The molecule has 0 aliphatic rings. The van der Waals surface area contributed by atoms with Gasteiger partial charge in [-0.25, -0.2) is 0 Å². The van der Waals surface area contributed by atoms with E-state index in [1.54, 1.807) is 24.3 Å². The van der Waals surface area contributed by atoms with E-state index in [1.165, 1.54) is 7.11 Å². The van der Waals surface area contributed by atoms with Crippen molar-refractivity contribution < 1.29 is 14.3 Å². The number of amides is 1. The molecule has 0 saturated heterocycles. The molecule has 0 spiro atoms. The van der Waals surface area contributed by atoms with E-state index in [1.807, 2.05) is 0 Å². The lowest BCUT2D eigenvalue weighted by molar-refractivity contribution is -0.117. The zero-order chi connectivity index (χ0) is 10.6. The van der Waals surface area contributed by atoms with Gasteiger partial charge in [-0.3, -0.25) is 9.59 Å². The molecule has 1 aromatic carbocycles. The number of ether oxygens (including phenoxy) is 1. The molecule has 1 rings (SSSR count). The molecule has 16 heavy (non-hydrogen) atoms. The zero-order valence-electron chi connectivity index (χ0n) is 8.64. The average molecular weight is 266 g/mol. The van der Waals surface area contributed by atoms with E-state index < -0.39 is 5.91 Å². The predicted molar refractivity (Wildman–Crippen MR) is 65.6 cm³/mol. The van der Waals surface area contributed by atoms with Crippen molar-refractivity contribution in [3.63, 3.8) is 0 Å². The number of carbonyl (C=O) groups excluding carboxylic acids is 2. The molecule has 0 fully saturated rings. The lowest BCUT2D eigenvalue weighted by atomic mass is 10.1. The van der Waals surface area contributed by atoms with Crippen molar-refractivity contribution in [1.82, 2.24) is 0 Å². The van der Waals surface area contributed by atoms with Crippen molar-refractivity contribution in [1.29, 1.82) is 0 Å². The first-order valence-corrected chi connectivity index (χ1v) is 4.09. The van der Waals surface area contributed by atoms with Gasteiger partial charge in [0.2, 0.25) is 5.91 Å². The quantitative estimate of drug-likeness (QED) is 0.664. The third-order valence-corrected chi connectivity index (χ3v) is 1.73. The lowest BCUT2D eigenvalue weighted by Crippen LogP contribution is -2.16. The minimum absolute atomic E-state index is 0. The fourth-order valence-electron chi connectivity index (χ4n) is 1.06. The highest BCUT2D eigenvalue weighted by atomic mass is 35.5. The molecule has 1 aromatic rings. The van der Waals surface area contributed by atoms with Crippen LogP contribution in [-0.4, -0.2) is 18.8 Å². The van der Waals surface area contributed by atoms with Gasteiger partial charge in [0, 0.05) is 5.56 Å². The molecule has 4 nitrogen and oxygen atoms in total. The predicted octanol–water partition coefficient (Wildman–Crippen LogP) is 1.60.